The molecule has 0 aromatic rings. The van der Waals surface area contributed by atoms with Gasteiger partial charge in [-0.25, -0.2) is 0 Å². The van der Waals surface area contributed by atoms with Crippen LogP contribution in [0.25, 0.3) is 0 Å². The standard InChI is InChI=1S/C36H64N4O13/c1-6-21-15-22(33(47)38-13-12-37)16-23(31(21)53-36-30(46)29(45)27(43)18(2)49-36)51-35-26(39-19(3)42)32(28(44)25(17-41)52-35)50-24(34(48)40(4)5)14-20-10-8-7-9-11-20/h18,20-32,35-36,41,43-46H,6-17,37H2,1-5H3,(H,38,47)(H,39,42)/t18?,21-,22?,23?,24+,25+,26?,27?,28?,29?,30?,31?,32?,35-,36?/m1/s1. The minimum absolute atomic E-state index is 0.0923. The first-order valence-electron chi connectivity index (χ1n) is 19.3. The molecule has 2 aliphatic carbocycles. The zero-order valence-electron chi connectivity index (χ0n) is 31.7. The summed E-state index contributed by atoms with van der Waals surface area (Å²) in [5.74, 6) is -1.74. The van der Waals surface area contributed by atoms with Crippen LogP contribution >= 0.6 is 0 Å². The van der Waals surface area contributed by atoms with Crippen LogP contribution in [0.15, 0.2) is 0 Å². The Bertz CT molecular complexity index is 1180. The molecular weight excluding hydrogens is 696 g/mol. The summed E-state index contributed by atoms with van der Waals surface area (Å²) in [6, 6.07) is -1.19. The summed E-state index contributed by atoms with van der Waals surface area (Å²) in [5.41, 5.74) is 5.65. The second-order valence-corrected chi connectivity index (χ2v) is 15.4. The van der Waals surface area contributed by atoms with Gasteiger partial charge in [-0.3, -0.25) is 14.4 Å². The average Bonchev–Trinajstić information content (AvgIpc) is 3.14. The van der Waals surface area contributed by atoms with Crippen LogP contribution in [0.4, 0.5) is 0 Å². The molecule has 53 heavy (non-hydrogen) atoms. The van der Waals surface area contributed by atoms with E-state index in [-0.39, 0.29) is 43.2 Å². The number of nitrogens with two attached hydrogens (primary N) is 1. The van der Waals surface area contributed by atoms with Crippen LogP contribution in [0.5, 0.6) is 0 Å². The van der Waals surface area contributed by atoms with Crippen molar-refractivity contribution in [3.63, 3.8) is 0 Å². The highest BCUT2D eigenvalue weighted by Gasteiger charge is 2.53. The van der Waals surface area contributed by atoms with Crippen LogP contribution in [0.2, 0.25) is 0 Å². The first kappa shape index (κ1) is 43.7. The number of carbonyl (C=O) groups is 3. The molecule has 9 N–H and O–H groups in total. The van der Waals surface area contributed by atoms with Crippen LogP contribution in [-0.2, 0) is 38.1 Å². The molecule has 17 heteroatoms. The molecule has 2 saturated carbocycles. The molecule has 306 valence electrons. The molecule has 4 rings (SSSR count). The van der Waals surface area contributed by atoms with E-state index in [1.165, 1.54) is 18.7 Å². The molecule has 0 bridgehead atoms. The van der Waals surface area contributed by atoms with E-state index in [0.717, 1.165) is 32.1 Å². The smallest absolute Gasteiger partial charge is 0.251 e. The lowest BCUT2D eigenvalue weighted by atomic mass is 9.75. The number of likely N-dealkylation sites (N-methyl/N-ethyl adjacent to an activating group) is 1. The van der Waals surface area contributed by atoms with E-state index in [2.05, 4.69) is 10.6 Å². The maximum Gasteiger partial charge on any atom is 0.251 e. The van der Waals surface area contributed by atoms with Crippen LogP contribution in [0.1, 0.15) is 78.6 Å². The fraction of sp³-hybridized carbons (Fsp3) is 0.917. The third-order valence-electron chi connectivity index (χ3n) is 11.2. The minimum atomic E-state index is -1.61. The number of amides is 3. The van der Waals surface area contributed by atoms with Crippen LogP contribution in [-0.4, -0.2) is 162 Å². The highest BCUT2D eigenvalue weighted by Crippen LogP contribution is 2.40. The van der Waals surface area contributed by atoms with E-state index >= 15 is 0 Å². The van der Waals surface area contributed by atoms with E-state index in [4.69, 9.17) is 29.4 Å². The van der Waals surface area contributed by atoms with Gasteiger partial charge in [0.25, 0.3) is 5.91 Å². The van der Waals surface area contributed by atoms with Gasteiger partial charge in [-0.1, -0.05) is 45.4 Å². The number of nitrogens with one attached hydrogen (secondary N) is 2. The molecule has 17 nitrogen and oxygen atoms in total. The Hall–Kier alpha value is -2.03. The fourth-order valence-corrected chi connectivity index (χ4v) is 8.20. The normalized spacial score (nSPS) is 38.8. The van der Waals surface area contributed by atoms with Crippen molar-refractivity contribution < 1.29 is 63.6 Å². The Kier molecular flexibility index (Phi) is 16.7. The Balaban J connectivity index is 1.69. The van der Waals surface area contributed by atoms with Crippen molar-refractivity contribution in [1.29, 1.82) is 0 Å². The highest BCUT2D eigenvalue weighted by molar-refractivity contribution is 5.80. The van der Waals surface area contributed by atoms with E-state index in [0.29, 0.717) is 19.3 Å². The summed E-state index contributed by atoms with van der Waals surface area (Å²) < 4.78 is 31.5. The van der Waals surface area contributed by atoms with Gasteiger partial charge in [0.15, 0.2) is 12.6 Å². The predicted octanol–water partition coefficient (Wildman–Crippen LogP) is -1.51. The molecule has 0 radical (unpaired) electrons. The third-order valence-corrected chi connectivity index (χ3v) is 11.2. The monoisotopic (exact) mass is 760 g/mol. The maximum absolute atomic E-state index is 13.5. The number of carbonyl (C=O) groups excluding carboxylic acids is 3. The van der Waals surface area contributed by atoms with Gasteiger partial charge in [0, 0.05) is 40.0 Å². The Morgan fingerprint density at radius 3 is 2.23 bits per heavy atom. The lowest BCUT2D eigenvalue weighted by Gasteiger charge is -2.49. The number of hydrogen-bond donors (Lipinski definition) is 8. The van der Waals surface area contributed by atoms with Crippen LogP contribution in [0.3, 0.4) is 0 Å². The van der Waals surface area contributed by atoms with Gasteiger partial charge >= 0.3 is 0 Å². The van der Waals surface area contributed by atoms with Crippen molar-refractivity contribution in [2.45, 2.75) is 158 Å². The number of nitrogens with zero attached hydrogens (tertiary/aromatic N) is 1. The molecular formula is C36H64N4O13. The molecule has 4 aliphatic rings. The van der Waals surface area contributed by atoms with Crippen molar-refractivity contribution in [2.24, 2.45) is 23.5 Å². The van der Waals surface area contributed by atoms with Crippen molar-refractivity contribution in [3.05, 3.63) is 0 Å². The SMILES string of the molecule is CC[C@@H]1CC(C(=O)NCCN)CC(O[C@@H]2O[C@@H](CO)C(O)C(O[C@@H](CC3CCCCC3)C(=O)N(C)C)C2NC(C)=O)C1OC1OC(C)C(O)C(O)C1O. The molecule has 3 amide bonds. The Morgan fingerprint density at radius 2 is 1.62 bits per heavy atom. The zero-order valence-corrected chi connectivity index (χ0v) is 31.7. The number of aliphatic hydroxyl groups excluding tert-OH is 5. The molecule has 0 spiro atoms. The first-order valence-corrected chi connectivity index (χ1v) is 19.3. The van der Waals surface area contributed by atoms with Gasteiger partial charge in [0.05, 0.1) is 24.9 Å². The fourth-order valence-electron chi connectivity index (χ4n) is 8.20. The molecule has 2 heterocycles. The van der Waals surface area contributed by atoms with Crippen LogP contribution < -0.4 is 16.4 Å². The molecule has 15 atom stereocenters. The summed E-state index contributed by atoms with van der Waals surface area (Å²) in [6.45, 7) is 4.58. The molecule has 0 aromatic heterocycles. The third kappa shape index (κ3) is 11.1. The van der Waals surface area contributed by atoms with Crippen molar-refractivity contribution >= 4 is 17.7 Å². The quantitative estimate of drug-likeness (QED) is 0.0946. The molecule has 11 unspecified atom stereocenters. The van der Waals surface area contributed by atoms with Gasteiger partial charge in [-0.15, -0.1) is 0 Å². The van der Waals surface area contributed by atoms with E-state index in [1.54, 1.807) is 14.1 Å². The second-order valence-electron chi connectivity index (χ2n) is 15.4. The van der Waals surface area contributed by atoms with Crippen LogP contribution in [0, 0.1) is 17.8 Å². The Labute approximate surface area is 312 Å². The van der Waals surface area contributed by atoms with E-state index in [9.17, 15) is 39.9 Å². The molecule has 0 aromatic carbocycles. The topological polar surface area (TPSA) is 252 Å². The zero-order chi connectivity index (χ0) is 39.0. The predicted molar refractivity (Wildman–Crippen MR) is 189 cm³/mol. The highest BCUT2D eigenvalue weighted by atomic mass is 16.7. The first-order chi connectivity index (χ1) is 25.2. The lowest BCUT2D eigenvalue weighted by molar-refractivity contribution is -0.338. The maximum atomic E-state index is 13.5. The van der Waals surface area contributed by atoms with Crippen molar-refractivity contribution in [2.75, 3.05) is 33.8 Å². The van der Waals surface area contributed by atoms with Crippen molar-refractivity contribution in [3.8, 4) is 0 Å². The number of ether oxygens (including phenoxy) is 5. The number of aliphatic hydroxyl groups is 5. The van der Waals surface area contributed by atoms with Gasteiger partial charge in [-0.05, 0) is 38.0 Å². The van der Waals surface area contributed by atoms with E-state index < -0.39 is 98.1 Å². The summed E-state index contributed by atoms with van der Waals surface area (Å²) >= 11 is 0. The minimum Gasteiger partial charge on any atom is -0.394 e. The van der Waals surface area contributed by atoms with Gasteiger partial charge < -0.3 is 70.5 Å². The second kappa shape index (κ2) is 20.2. The van der Waals surface area contributed by atoms with Gasteiger partial charge in [0.2, 0.25) is 11.8 Å². The molecule has 2 saturated heterocycles. The summed E-state index contributed by atoms with van der Waals surface area (Å²) in [4.78, 5) is 41.0. The molecule has 2 aliphatic heterocycles. The summed E-state index contributed by atoms with van der Waals surface area (Å²) in [5, 5.41) is 59.2. The number of rotatable bonds is 15. The van der Waals surface area contributed by atoms with Gasteiger partial charge in [0.1, 0.15) is 48.8 Å². The largest absolute Gasteiger partial charge is 0.394 e. The lowest BCUT2D eigenvalue weighted by Crippen LogP contribution is -2.67. The Morgan fingerprint density at radius 1 is 0.925 bits per heavy atom. The number of hydrogen-bond acceptors (Lipinski definition) is 14. The molecule has 4 fully saturated rings. The average molecular weight is 761 g/mol. The summed E-state index contributed by atoms with van der Waals surface area (Å²) in [7, 11) is 3.24. The van der Waals surface area contributed by atoms with Gasteiger partial charge in [-0.2, -0.15) is 0 Å². The van der Waals surface area contributed by atoms with E-state index in [1.807, 2.05) is 6.92 Å². The van der Waals surface area contributed by atoms with Crippen molar-refractivity contribution in [1.82, 2.24) is 15.5 Å². The summed E-state index contributed by atoms with van der Waals surface area (Å²) in [6.07, 6.45) is -8.44.